The SMILES string of the molecule is CCCC1CC(=O)N(CC(CCC)NC)C1. The highest BCUT2D eigenvalue weighted by Crippen LogP contribution is 2.22. The van der Waals surface area contributed by atoms with Crippen molar-refractivity contribution in [1.29, 1.82) is 0 Å². The predicted molar refractivity (Wildman–Crippen MR) is 67.4 cm³/mol. The van der Waals surface area contributed by atoms with E-state index < -0.39 is 0 Å². The molecule has 2 unspecified atom stereocenters. The molecule has 0 aromatic rings. The van der Waals surface area contributed by atoms with Crippen molar-refractivity contribution < 1.29 is 4.79 Å². The third kappa shape index (κ3) is 3.78. The molecule has 1 aliphatic heterocycles. The Kier molecular flexibility index (Phi) is 5.81. The van der Waals surface area contributed by atoms with Crippen molar-refractivity contribution in [2.24, 2.45) is 5.92 Å². The highest BCUT2D eigenvalue weighted by atomic mass is 16.2. The van der Waals surface area contributed by atoms with Gasteiger partial charge in [-0.25, -0.2) is 0 Å². The molecular formula is C13H26N2O. The first-order valence-electron chi connectivity index (χ1n) is 6.66. The molecule has 94 valence electrons. The zero-order valence-electron chi connectivity index (χ0n) is 11.0. The topological polar surface area (TPSA) is 32.3 Å². The van der Waals surface area contributed by atoms with Crippen LogP contribution in [0.4, 0.5) is 0 Å². The van der Waals surface area contributed by atoms with Crippen LogP contribution in [0.5, 0.6) is 0 Å². The predicted octanol–water partition coefficient (Wildman–Crippen LogP) is 2.02. The highest BCUT2D eigenvalue weighted by Gasteiger charge is 2.29. The maximum atomic E-state index is 11.8. The van der Waals surface area contributed by atoms with Crippen molar-refractivity contribution in [1.82, 2.24) is 10.2 Å². The van der Waals surface area contributed by atoms with E-state index >= 15 is 0 Å². The van der Waals surface area contributed by atoms with Gasteiger partial charge in [-0.1, -0.05) is 26.7 Å². The molecular weight excluding hydrogens is 200 g/mol. The lowest BCUT2D eigenvalue weighted by Gasteiger charge is -2.23. The number of rotatable bonds is 7. The Morgan fingerprint density at radius 1 is 1.44 bits per heavy atom. The van der Waals surface area contributed by atoms with E-state index in [2.05, 4.69) is 24.1 Å². The van der Waals surface area contributed by atoms with Crippen molar-refractivity contribution in [2.45, 2.75) is 52.0 Å². The van der Waals surface area contributed by atoms with Gasteiger partial charge in [0.2, 0.25) is 5.91 Å². The Hall–Kier alpha value is -0.570. The molecule has 0 bridgehead atoms. The first kappa shape index (κ1) is 13.5. The van der Waals surface area contributed by atoms with Crippen LogP contribution >= 0.6 is 0 Å². The van der Waals surface area contributed by atoms with Gasteiger partial charge in [0.1, 0.15) is 0 Å². The smallest absolute Gasteiger partial charge is 0.222 e. The van der Waals surface area contributed by atoms with Crippen LogP contribution in [0.25, 0.3) is 0 Å². The van der Waals surface area contributed by atoms with Gasteiger partial charge in [0, 0.05) is 25.6 Å². The standard InChI is InChI=1S/C13H26N2O/c1-4-6-11-8-13(16)15(9-11)10-12(14-3)7-5-2/h11-12,14H,4-10H2,1-3H3. The lowest BCUT2D eigenvalue weighted by atomic mass is 10.0. The Bertz CT molecular complexity index is 218. The molecule has 0 aromatic heterocycles. The number of likely N-dealkylation sites (N-methyl/N-ethyl adjacent to an activating group) is 1. The van der Waals surface area contributed by atoms with Gasteiger partial charge in [0.25, 0.3) is 0 Å². The third-order valence-corrected chi connectivity index (χ3v) is 3.48. The second-order valence-electron chi connectivity index (χ2n) is 4.93. The third-order valence-electron chi connectivity index (χ3n) is 3.48. The van der Waals surface area contributed by atoms with Crippen LogP contribution in [-0.2, 0) is 4.79 Å². The van der Waals surface area contributed by atoms with E-state index in [1.807, 2.05) is 7.05 Å². The fourth-order valence-corrected chi connectivity index (χ4v) is 2.57. The summed E-state index contributed by atoms with van der Waals surface area (Å²) in [5.74, 6) is 0.964. The zero-order valence-corrected chi connectivity index (χ0v) is 11.0. The molecule has 0 aromatic carbocycles. The number of carbonyl (C=O) groups excluding carboxylic acids is 1. The first-order valence-corrected chi connectivity index (χ1v) is 6.66. The molecule has 0 radical (unpaired) electrons. The molecule has 16 heavy (non-hydrogen) atoms. The molecule has 1 rings (SSSR count). The number of amides is 1. The highest BCUT2D eigenvalue weighted by molar-refractivity contribution is 5.78. The van der Waals surface area contributed by atoms with Crippen LogP contribution in [0.2, 0.25) is 0 Å². The number of carbonyl (C=O) groups is 1. The van der Waals surface area contributed by atoms with Crippen LogP contribution in [-0.4, -0.2) is 37.0 Å². The van der Waals surface area contributed by atoms with E-state index in [9.17, 15) is 4.79 Å². The van der Waals surface area contributed by atoms with E-state index in [1.165, 1.54) is 19.3 Å². The Balaban J connectivity index is 2.39. The average molecular weight is 226 g/mol. The number of hydrogen-bond acceptors (Lipinski definition) is 2. The maximum Gasteiger partial charge on any atom is 0.222 e. The summed E-state index contributed by atoms with van der Waals surface area (Å²) in [6.07, 6.45) is 5.48. The van der Waals surface area contributed by atoms with Crippen molar-refractivity contribution in [3.05, 3.63) is 0 Å². The van der Waals surface area contributed by atoms with E-state index in [1.54, 1.807) is 0 Å². The summed E-state index contributed by atoms with van der Waals surface area (Å²) >= 11 is 0. The minimum Gasteiger partial charge on any atom is -0.341 e. The van der Waals surface area contributed by atoms with Crippen molar-refractivity contribution in [3.63, 3.8) is 0 Å². The van der Waals surface area contributed by atoms with Gasteiger partial charge in [-0.05, 0) is 25.8 Å². The maximum absolute atomic E-state index is 11.8. The van der Waals surface area contributed by atoms with Crippen molar-refractivity contribution in [2.75, 3.05) is 20.1 Å². The molecule has 3 nitrogen and oxygen atoms in total. The lowest BCUT2D eigenvalue weighted by Crippen LogP contribution is -2.40. The number of nitrogens with one attached hydrogen (secondary N) is 1. The summed E-state index contributed by atoms with van der Waals surface area (Å²) in [5, 5.41) is 3.30. The minimum absolute atomic E-state index is 0.356. The molecule has 0 aliphatic carbocycles. The van der Waals surface area contributed by atoms with Gasteiger partial charge in [0.05, 0.1) is 0 Å². The van der Waals surface area contributed by atoms with Crippen LogP contribution < -0.4 is 5.32 Å². The van der Waals surface area contributed by atoms with E-state index in [0.717, 1.165) is 25.9 Å². The van der Waals surface area contributed by atoms with Gasteiger partial charge in [-0.15, -0.1) is 0 Å². The number of nitrogens with zero attached hydrogens (tertiary/aromatic N) is 1. The van der Waals surface area contributed by atoms with Gasteiger partial charge in [-0.2, -0.15) is 0 Å². The van der Waals surface area contributed by atoms with E-state index in [4.69, 9.17) is 0 Å². The molecule has 1 N–H and O–H groups in total. The van der Waals surface area contributed by atoms with Crippen LogP contribution in [0.1, 0.15) is 46.0 Å². The zero-order chi connectivity index (χ0) is 12.0. The molecule has 1 aliphatic rings. The summed E-state index contributed by atoms with van der Waals surface area (Å²) in [6.45, 7) is 6.26. The van der Waals surface area contributed by atoms with Gasteiger partial charge in [0.15, 0.2) is 0 Å². The minimum atomic E-state index is 0.356. The van der Waals surface area contributed by atoms with Crippen LogP contribution in [0, 0.1) is 5.92 Å². The molecule has 2 atom stereocenters. The fraction of sp³-hybridized carbons (Fsp3) is 0.923. The molecule has 1 heterocycles. The number of likely N-dealkylation sites (tertiary alicyclic amines) is 1. The molecule has 0 saturated carbocycles. The van der Waals surface area contributed by atoms with Gasteiger partial charge < -0.3 is 10.2 Å². The molecule has 1 amide bonds. The largest absolute Gasteiger partial charge is 0.341 e. The van der Waals surface area contributed by atoms with Gasteiger partial charge in [-0.3, -0.25) is 4.79 Å². The summed E-state index contributed by atoms with van der Waals surface area (Å²) < 4.78 is 0. The van der Waals surface area contributed by atoms with E-state index in [0.29, 0.717) is 17.9 Å². The Morgan fingerprint density at radius 2 is 2.19 bits per heavy atom. The first-order chi connectivity index (χ1) is 7.71. The summed E-state index contributed by atoms with van der Waals surface area (Å²) in [7, 11) is 1.99. The monoisotopic (exact) mass is 226 g/mol. The number of hydrogen-bond donors (Lipinski definition) is 1. The Labute approximate surface area is 99.6 Å². The quantitative estimate of drug-likeness (QED) is 0.720. The average Bonchev–Trinajstić information content (AvgIpc) is 2.59. The van der Waals surface area contributed by atoms with E-state index in [-0.39, 0.29) is 0 Å². The fourth-order valence-electron chi connectivity index (χ4n) is 2.57. The molecule has 1 saturated heterocycles. The normalized spacial score (nSPS) is 22.8. The van der Waals surface area contributed by atoms with Gasteiger partial charge >= 0.3 is 0 Å². The molecule has 3 heteroatoms. The molecule has 1 fully saturated rings. The second-order valence-corrected chi connectivity index (χ2v) is 4.93. The second kappa shape index (κ2) is 6.89. The van der Waals surface area contributed by atoms with Crippen LogP contribution in [0.15, 0.2) is 0 Å². The summed E-state index contributed by atoms with van der Waals surface area (Å²) in [4.78, 5) is 13.9. The van der Waals surface area contributed by atoms with Crippen LogP contribution in [0.3, 0.4) is 0 Å². The lowest BCUT2D eigenvalue weighted by molar-refractivity contribution is -0.128. The van der Waals surface area contributed by atoms with Crippen molar-refractivity contribution >= 4 is 5.91 Å². The summed E-state index contributed by atoms with van der Waals surface area (Å²) in [6, 6.07) is 0.467. The Morgan fingerprint density at radius 3 is 2.75 bits per heavy atom. The molecule has 0 spiro atoms. The van der Waals surface area contributed by atoms with Crippen molar-refractivity contribution in [3.8, 4) is 0 Å². The summed E-state index contributed by atoms with van der Waals surface area (Å²) in [5.41, 5.74) is 0.